The zero-order valence-corrected chi connectivity index (χ0v) is 13.9. The number of hydrogen-bond acceptors (Lipinski definition) is 4. The Morgan fingerprint density at radius 3 is 2.92 bits per heavy atom. The van der Waals surface area contributed by atoms with E-state index in [1.165, 1.54) is 0 Å². The van der Waals surface area contributed by atoms with Gasteiger partial charge < -0.3 is 20.3 Å². The Hall–Kier alpha value is -2.08. The molecule has 2 fully saturated rings. The molecule has 130 valence electrons. The monoisotopic (exact) mass is 331 g/mol. The summed E-state index contributed by atoms with van der Waals surface area (Å²) < 4.78 is 5.63. The number of carbonyl (C=O) groups is 2. The zero-order chi connectivity index (χ0) is 16.8. The van der Waals surface area contributed by atoms with Crippen molar-refractivity contribution < 1.29 is 14.3 Å². The number of carbonyl (C=O) groups excluding carboxylic acids is 2. The van der Waals surface area contributed by atoms with Crippen LogP contribution in [0.5, 0.6) is 5.75 Å². The molecule has 1 aromatic carbocycles. The fourth-order valence-corrected chi connectivity index (χ4v) is 3.32. The molecule has 0 aromatic heterocycles. The summed E-state index contributed by atoms with van der Waals surface area (Å²) in [6.45, 7) is 2.57. The fourth-order valence-electron chi connectivity index (χ4n) is 3.32. The van der Waals surface area contributed by atoms with Gasteiger partial charge in [0.15, 0.2) is 0 Å². The first-order valence-corrected chi connectivity index (χ1v) is 8.69. The number of nitrogens with one attached hydrogen (secondary N) is 2. The molecule has 2 N–H and O–H groups in total. The molecule has 2 aliphatic heterocycles. The van der Waals surface area contributed by atoms with Crippen LogP contribution < -0.4 is 15.4 Å². The lowest BCUT2D eigenvalue weighted by Crippen LogP contribution is -2.40. The number of ether oxygens (including phenoxy) is 1. The highest BCUT2D eigenvalue weighted by molar-refractivity contribution is 5.82. The second-order valence-corrected chi connectivity index (χ2v) is 6.47. The van der Waals surface area contributed by atoms with E-state index in [1.807, 2.05) is 30.3 Å². The molecule has 6 heteroatoms. The van der Waals surface area contributed by atoms with Gasteiger partial charge in [-0.2, -0.15) is 0 Å². The van der Waals surface area contributed by atoms with Gasteiger partial charge in [-0.05, 0) is 31.5 Å². The minimum atomic E-state index is -0.0804. The molecular formula is C18H25N3O3. The third-order valence-corrected chi connectivity index (χ3v) is 4.55. The minimum absolute atomic E-state index is 0.0367. The van der Waals surface area contributed by atoms with Crippen molar-refractivity contribution in [3.8, 4) is 5.75 Å². The zero-order valence-electron chi connectivity index (χ0n) is 13.9. The van der Waals surface area contributed by atoms with Gasteiger partial charge in [0.2, 0.25) is 11.8 Å². The van der Waals surface area contributed by atoms with E-state index in [4.69, 9.17) is 4.74 Å². The van der Waals surface area contributed by atoms with Crippen LogP contribution in [0.1, 0.15) is 25.7 Å². The number of para-hydroxylation sites is 1. The Balaban J connectivity index is 1.37. The second-order valence-electron chi connectivity index (χ2n) is 6.47. The SMILES string of the molecule is O=C(CC1CCCN1)NC1CC(=O)N(CCOc2ccccc2)C1. The Kier molecular flexibility index (Phi) is 5.69. The van der Waals surface area contributed by atoms with E-state index >= 15 is 0 Å². The van der Waals surface area contributed by atoms with Crippen molar-refractivity contribution in [2.75, 3.05) is 26.2 Å². The van der Waals surface area contributed by atoms with E-state index in [9.17, 15) is 9.59 Å². The van der Waals surface area contributed by atoms with Crippen molar-refractivity contribution in [1.29, 1.82) is 0 Å². The summed E-state index contributed by atoms with van der Waals surface area (Å²) in [5.74, 6) is 0.920. The average Bonchev–Trinajstić information content (AvgIpc) is 3.18. The third kappa shape index (κ3) is 4.71. The molecule has 1 aromatic rings. The smallest absolute Gasteiger partial charge is 0.224 e. The number of hydrogen-bond donors (Lipinski definition) is 2. The molecule has 6 nitrogen and oxygen atoms in total. The van der Waals surface area contributed by atoms with E-state index in [2.05, 4.69) is 10.6 Å². The number of amides is 2. The van der Waals surface area contributed by atoms with Gasteiger partial charge in [-0.1, -0.05) is 18.2 Å². The van der Waals surface area contributed by atoms with Crippen LogP contribution in [0.15, 0.2) is 30.3 Å². The maximum Gasteiger partial charge on any atom is 0.224 e. The van der Waals surface area contributed by atoms with Gasteiger partial charge in [0.1, 0.15) is 12.4 Å². The van der Waals surface area contributed by atoms with E-state index in [1.54, 1.807) is 4.90 Å². The van der Waals surface area contributed by atoms with Crippen molar-refractivity contribution in [3.05, 3.63) is 30.3 Å². The molecule has 2 amide bonds. The Labute approximate surface area is 142 Å². The third-order valence-electron chi connectivity index (χ3n) is 4.55. The van der Waals surface area contributed by atoms with Crippen LogP contribution in [-0.4, -0.2) is 55.0 Å². The summed E-state index contributed by atoms with van der Waals surface area (Å²) >= 11 is 0. The highest BCUT2D eigenvalue weighted by Crippen LogP contribution is 2.14. The maximum absolute atomic E-state index is 12.1. The minimum Gasteiger partial charge on any atom is -0.492 e. The lowest BCUT2D eigenvalue weighted by Gasteiger charge is -2.18. The van der Waals surface area contributed by atoms with Crippen LogP contribution in [-0.2, 0) is 9.59 Å². The summed E-state index contributed by atoms with van der Waals surface area (Å²) in [5, 5.41) is 6.31. The first-order chi connectivity index (χ1) is 11.7. The number of rotatable bonds is 7. The molecule has 2 aliphatic rings. The van der Waals surface area contributed by atoms with Crippen molar-refractivity contribution in [1.82, 2.24) is 15.5 Å². The van der Waals surface area contributed by atoms with E-state index in [0.29, 0.717) is 32.5 Å². The summed E-state index contributed by atoms with van der Waals surface area (Å²) in [7, 11) is 0. The molecule has 0 saturated carbocycles. The molecular weight excluding hydrogens is 306 g/mol. The van der Waals surface area contributed by atoms with Gasteiger partial charge in [-0.25, -0.2) is 0 Å². The molecule has 2 unspecified atom stereocenters. The quantitative estimate of drug-likeness (QED) is 0.780. The van der Waals surface area contributed by atoms with Gasteiger partial charge in [-0.3, -0.25) is 9.59 Å². The van der Waals surface area contributed by atoms with Crippen LogP contribution in [0.4, 0.5) is 0 Å². The Bertz CT molecular complexity index is 558. The fraction of sp³-hybridized carbons (Fsp3) is 0.556. The number of nitrogens with zero attached hydrogens (tertiary/aromatic N) is 1. The Morgan fingerprint density at radius 1 is 1.33 bits per heavy atom. The van der Waals surface area contributed by atoms with Crippen LogP contribution in [0.3, 0.4) is 0 Å². The molecule has 2 atom stereocenters. The van der Waals surface area contributed by atoms with Gasteiger partial charge in [0.05, 0.1) is 12.6 Å². The molecule has 0 bridgehead atoms. The van der Waals surface area contributed by atoms with Gasteiger partial charge in [-0.15, -0.1) is 0 Å². The maximum atomic E-state index is 12.1. The second kappa shape index (κ2) is 8.15. The topological polar surface area (TPSA) is 70.7 Å². The van der Waals surface area contributed by atoms with Crippen molar-refractivity contribution in [2.45, 2.75) is 37.8 Å². The first-order valence-electron chi connectivity index (χ1n) is 8.69. The normalized spacial score (nSPS) is 23.5. The lowest BCUT2D eigenvalue weighted by molar-refractivity contribution is -0.128. The molecule has 2 saturated heterocycles. The molecule has 3 rings (SSSR count). The van der Waals surface area contributed by atoms with Crippen LogP contribution in [0.2, 0.25) is 0 Å². The van der Waals surface area contributed by atoms with E-state index < -0.39 is 0 Å². The standard InChI is InChI=1S/C18H25N3O3/c22-17(11-14-5-4-8-19-14)20-15-12-18(23)21(13-15)9-10-24-16-6-2-1-3-7-16/h1-3,6-7,14-15,19H,4-5,8-13H2,(H,20,22). The van der Waals surface area contributed by atoms with E-state index in [-0.39, 0.29) is 23.9 Å². The van der Waals surface area contributed by atoms with Crippen molar-refractivity contribution in [3.63, 3.8) is 0 Å². The summed E-state index contributed by atoms with van der Waals surface area (Å²) in [4.78, 5) is 25.9. The van der Waals surface area contributed by atoms with Crippen LogP contribution in [0.25, 0.3) is 0 Å². The van der Waals surface area contributed by atoms with Crippen molar-refractivity contribution in [2.24, 2.45) is 0 Å². The average molecular weight is 331 g/mol. The predicted octanol–water partition coefficient (Wildman–Crippen LogP) is 0.925. The van der Waals surface area contributed by atoms with Crippen LogP contribution >= 0.6 is 0 Å². The number of benzene rings is 1. The predicted molar refractivity (Wildman–Crippen MR) is 90.7 cm³/mol. The van der Waals surface area contributed by atoms with Crippen LogP contribution in [0, 0.1) is 0 Å². The lowest BCUT2D eigenvalue weighted by atomic mass is 10.1. The van der Waals surface area contributed by atoms with E-state index in [0.717, 1.165) is 25.1 Å². The molecule has 0 aliphatic carbocycles. The summed E-state index contributed by atoms with van der Waals surface area (Å²) in [6.07, 6.45) is 3.08. The largest absolute Gasteiger partial charge is 0.492 e. The Morgan fingerprint density at radius 2 is 2.17 bits per heavy atom. The first kappa shape index (κ1) is 16.8. The highest BCUT2D eigenvalue weighted by atomic mass is 16.5. The van der Waals surface area contributed by atoms with Gasteiger partial charge in [0, 0.05) is 25.4 Å². The molecule has 0 spiro atoms. The number of likely N-dealkylation sites (tertiary alicyclic amines) is 1. The van der Waals surface area contributed by atoms with Crippen molar-refractivity contribution >= 4 is 11.8 Å². The molecule has 0 radical (unpaired) electrons. The molecule has 2 heterocycles. The van der Waals surface area contributed by atoms with Gasteiger partial charge in [0.25, 0.3) is 0 Å². The molecule has 24 heavy (non-hydrogen) atoms. The highest BCUT2D eigenvalue weighted by Gasteiger charge is 2.30. The van der Waals surface area contributed by atoms with Gasteiger partial charge >= 0.3 is 0 Å². The summed E-state index contributed by atoms with van der Waals surface area (Å²) in [5.41, 5.74) is 0. The summed E-state index contributed by atoms with van der Waals surface area (Å²) in [6, 6.07) is 9.77.